The average molecular weight is 465 g/mol. The zero-order chi connectivity index (χ0) is 24.1. The molecule has 3 heterocycles. The molecule has 34 heavy (non-hydrogen) atoms. The molecule has 2 aliphatic heterocycles. The molecule has 0 bridgehead atoms. The van der Waals surface area contributed by atoms with Gasteiger partial charge >= 0.3 is 0 Å². The lowest BCUT2D eigenvalue weighted by molar-refractivity contribution is -0.136. The van der Waals surface area contributed by atoms with E-state index in [2.05, 4.69) is 10.3 Å². The van der Waals surface area contributed by atoms with Gasteiger partial charge in [0.1, 0.15) is 17.5 Å². The third-order valence-electron chi connectivity index (χ3n) is 6.34. The maximum Gasteiger partial charge on any atom is 0.273 e. The van der Waals surface area contributed by atoms with Crippen LogP contribution in [0.2, 0.25) is 0 Å². The average Bonchev–Trinajstić information content (AvgIpc) is 3.45. The van der Waals surface area contributed by atoms with Gasteiger partial charge in [0.05, 0.1) is 19.7 Å². The van der Waals surface area contributed by atoms with Crippen molar-refractivity contribution in [3.63, 3.8) is 0 Å². The van der Waals surface area contributed by atoms with Gasteiger partial charge in [-0.25, -0.2) is 0 Å². The number of pyridine rings is 1. The Morgan fingerprint density at radius 3 is 2.59 bits per heavy atom. The summed E-state index contributed by atoms with van der Waals surface area (Å²) >= 11 is 0. The summed E-state index contributed by atoms with van der Waals surface area (Å²) in [6, 6.07) is 11.1. The highest BCUT2D eigenvalue weighted by Crippen LogP contribution is 2.31. The van der Waals surface area contributed by atoms with E-state index in [0.717, 1.165) is 0 Å². The molecule has 2 atom stereocenters. The molecule has 9 nitrogen and oxygen atoms in total. The number of carbonyl (C=O) groups is 4. The van der Waals surface area contributed by atoms with Crippen molar-refractivity contribution in [2.75, 3.05) is 26.7 Å². The number of likely N-dealkylation sites (tertiary alicyclic amines) is 2. The van der Waals surface area contributed by atoms with E-state index in [1.165, 1.54) is 0 Å². The Balaban J connectivity index is 1.23. The van der Waals surface area contributed by atoms with E-state index in [4.69, 9.17) is 4.74 Å². The standard InChI is InChI=1S/C25H28N4O5/c1-34-18-10-8-17(9-11-18)24(32)27-14-5-3-7-22(31)28-15-12-20-23(28)21(30)16-29(20)25(33)19-6-2-4-13-26-19/h2,4,6,8-11,13,20,23H,3,5,7,12,14-16H2,1H3,(H,27,32). The number of amides is 3. The topological polar surface area (TPSA) is 109 Å². The molecule has 0 spiro atoms. The number of unbranched alkanes of at least 4 members (excludes halogenated alkanes) is 1. The van der Waals surface area contributed by atoms with Crippen LogP contribution in [0.4, 0.5) is 0 Å². The number of aromatic nitrogens is 1. The number of fused-ring (bicyclic) bond motifs is 1. The van der Waals surface area contributed by atoms with Crippen molar-refractivity contribution in [2.24, 2.45) is 0 Å². The van der Waals surface area contributed by atoms with Crippen molar-refractivity contribution in [2.45, 2.75) is 37.8 Å². The minimum atomic E-state index is -0.574. The number of hydrogen-bond donors (Lipinski definition) is 1. The van der Waals surface area contributed by atoms with Gasteiger partial charge in [-0.3, -0.25) is 24.2 Å². The van der Waals surface area contributed by atoms with E-state index in [1.807, 2.05) is 0 Å². The molecular formula is C25H28N4O5. The quantitative estimate of drug-likeness (QED) is 0.596. The predicted octanol–water partition coefficient (Wildman–Crippen LogP) is 1.68. The van der Waals surface area contributed by atoms with E-state index in [-0.39, 0.29) is 36.1 Å². The highest BCUT2D eigenvalue weighted by Gasteiger charge is 2.51. The zero-order valence-electron chi connectivity index (χ0n) is 19.1. The van der Waals surface area contributed by atoms with Crippen LogP contribution in [0.1, 0.15) is 46.5 Å². The molecule has 2 aromatic rings. The molecule has 2 unspecified atom stereocenters. The van der Waals surface area contributed by atoms with Crippen molar-refractivity contribution in [1.29, 1.82) is 0 Å². The van der Waals surface area contributed by atoms with Crippen LogP contribution in [0.25, 0.3) is 0 Å². The second-order valence-electron chi connectivity index (χ2n) is 8.44. The summed E-state index contributed by atoms with van der Waals surface area (Å²) in [5, 5.41) is 2.85. The number of Topliss-reactive ketones (excluding diaryl/α,β-unsaturated/α-hetero) is 1. The Kier molecular flexibility index (Phi) is 7.20. The number of nitrogens with zero attached hydrogens (tertiary/aromatic N) is 3. The Morgan fingerprint density at radius 2 is 1.88 bits per heavy atom. The molecule has 3 amide bonds. The monoisotopic (exact) mass is 464 g/mol. The molecule has 178 valence electrons. The van der Waals surface area contributed by atoms with Crippen LogP contribution in [0.5, 0.6) is 5.75 Å². The molecule has 0 radical (unpaired) electrons. The van der Waals surface area contributed by atoms with Gasteiger partial charge in [-0.05, 0) is 55.7 Å². The van der Waals surface area contributed by atoms with Crippen molar-refractivity contribution in [1.82, 2.24) is 20.1 Å². The van der Waals surface area contributed by atoms with E-state index in [9.17, 15) is 19.2 Å². The number of methoxy groups -OCH3 is 1. The summed E-state index contributed by atoms with van der Waals surface area (Å²) in [6.45, 7) is 0.918. The number of ether oxygens (including phenoxy) is 1. The van der Waals surface area contributed by atoms with E-state index < -0.39 is 6.04 Å². The van der Waals surface area contributed by atoms with Crippen LogP contribution in [-0.2, 0) is 9.59 Å². The zero-order valence-corrected chi connectivity index (χ0v) is 19.1. The lowest BCUT2D eigenvalue weighted by Gasteiger charge is -2.24. The number of carbonyl (C=O) groups excluding carboxylic acids is 4. The highest BCUT2D eigenvalue weighted by atomic mass is 16.5. The minimum Gasteiger partial charge on any atom is -0.497 e. The van der Waals surface area contributed by atoms with Crippen LogP contribution in [0.15, 0.2) is 48.7 Å². The lowest BCUT2D eigenvalue weighted by atomic mass is 10.1. The van der Waals surface area contributed by atoms with Crippen LogP contribution in [0, 0.1) is 0 Å². The second-order valence-corrected chi connectivity index (χ2v) is 8.44. The maximum atomic E-state index is 12.8. The fraction of sp³-hybridized carbons (Fsp3) is 0.400. The maximum absolute atomic E-state index is 12.8. The highest BCUT2D eigenvalue weighted by molar-refractivity contribution is 6.01. The second kappa shape index (κ2) is 10.5. The van der Waals surface area contributed by atoms with Gasteiger partial charge < -0.3 is 19.9 Å². The molecule has 1 N–H and O–H groups in total. The van der Waals surface area contributed by atoms with Crippen LogP contribution in [-0.4, -0.2) is 77.1 Å². The van der Waals surface area contributed by atoms with Gasteiger partial charge in [0.25, 0.3) is 11.8 Å². The molecule has 2 saturated heterocycles. The SMILES string of the molecule is COc1ccc(C(=O)NCCCCC(=O)N2CCC3C2C(=O)CN3C(=O)c2ccccn2)cc1. The van der Waals surface area contributed by atoms with Crippen molar-refractivity contribution >= 4 is 23.5 Å². The van der Waals surface area contributed by atoms with E-state index >= 15 is 0 Å². The van der Waals surface area contributed by atoms with Gasteiger partial charge in [-0.1, -0.05) is 6.07 Å². The molecule has 2 aliphatic rings. The number of ketones is 1. The first kappa shape index (κ1) is 23.4. The Morgan fingerprint density at radius 1 is 1.09 bits per heavy atom. The van der Waals surface area contributed by atoms with Crippen LogP contribution in [0.3, 0.4) is 0 Å². The Hall–Kier alpha value is -3.75. The Bertz CT molecular complexity index is 1060. The number of hydrogen-bond acceptors (Lipinski definition) is 6. The molecule has 0 aliphatic carbocycles. The van der Waals surface area contributed by atoms with Gasteiger partial charge in [0, 0.05) is 31.3 Å². The lowest BCUT2D eigenvalue weighted by Crippen LogP contribution is -2.43. The molecule has 1 aromatic heterocycles. The fourth-order valence-corrected chi connectivity index (χ4v) is 4.60. The van der Waals surface area contributed by atoms with E-state index in [0.29, 0.717) is 55.8 Å². The summed E-state index contributed by atoms with van der Waals surface area (Å²) in [6.07, 6.45) is 3.67. The van der Waals surface area contributed by atoms with Gasteiger partial charge in [0.2, 0.25) is 5.91 Å². The Labute approximate surface area is 198 Å². The van der Waals surface area contributed by atoms with Crippen LogP contribution < -0.4 is 10.1 Å². The molecule has 0 saturated carbocycles. The molecule has 2 fully saturated rings. The summed E-state index contributed by atoms with van der Waals surface area (Å²) in [5.74, 6) is 0.0412. The summed E-state index contributed by atoms with van der Waals surface area (Å²) < 4.78 is 5.09. The number of nitrogens with one attached hydrogen (secondary N) is 1. The largest absolute Gasteiger partial charge is 0.497 e. The van der Waals surface area contributed by atoms with Gasteiger partial charge in [0.15, 0.2) is 5.78 Å². The molecular weight excluding hydrogens is 436 g/mol. The fourth-order valence-electron chi connectivity index (χ4n) is 4.60. The first-order valence-corrected chi connectivity index (χ1v) is 11.5. The smallest absolute Gasteiger partial charge is 0.273 e. The summed E-state index contributed by atoms with van der Waals surface area (Å²) in [4.78, 5) is 57.8. The molecule has 1 aromatic carbocycles. The number of rotatable bonds is 8. The van der Waals surface area contributed by atoms with Crippen LogP contribution >= 0.6 is 0 Å². The first-order chi connectivity index (χ1) is 16.5. The van der Waals surface area contributed by atoms with Gasteiger partial charge in [-0.15, -0.1) is 0 Å². The summed E-state index contributed by atoms with van der Waals surface area (Å²) in [7, 11) is 1.57. The van der Waals surface area contributed by atoms with Gasteiger partial charge in [-0.2, -0.15) is 0 Å². The number of benzene rings is 1. The summed E-state index contributed by atoms with van der Waals surface area (Å²) in [5.41, 5.74) is 0.849. The first-order valence-electron chi connectivity index (χ1n) is 11.5. The van der Waals surface area contributed by atoms with Crippen molar-refractivity contribution in [3.05, 3.63) is 59.9 Å². The molecule has 9 heteroatoms. The van der Waals surface area contributed by atoms with E-state index in [1.54, 1.807) is 65.6 Å². The molecule has 4 rings (SSSR count). The third kappa shape index (κ3) is 4.93. The normalized spacial score (nSPS) is 19.1. The predicted molar refractivity (Wildman–Crippen MR) is 123 cm³/mol. The van der Waals surface area contributed by atoms with Crippen molar-refractivity contribution < 1.29 is 23.9 Å². The van der Waals surface area contributed by atoms with Crippen molar-refractivity contribution in [3.8, 4) is 5.75 Å². The third-order valence-corrected chi connectivity index (χ3v) is 6.34. The minimum absolute atomic E-state index is 0.00587.